The highest BCUT2D eigenvalue weighted by Crippen LogP contribution is 2.25. The number of methoxy groups -OCH3 is 1. The van der Waals surface area contributed by atoms with Crippen LogP contribution in [-0.2, 0) is 0 Å². The molecule has 0 aliphatic carbocycles. The van der Waals surface area contributed by atoms with E-state index < -0.39 is 0 Å². The molecule has 0 spiro atoms. The zero-order valence-corrected chi connectivity index (χ0v) is 6.63. The molecule has 0 aliphatic rings. The highest BCUT2D eigenvalue weighted by molar-refractivity contribution is 5.43. The fraction of sp³-hybridized carbons (Fsp3) is 0.250. The van der Waals surface area contributed by atoms with Gasteiger partial charge in [0.2, 0.25) is 0 Å². The third-order valence-electron chi connectivity index (χ3n) is 1.58. The zero-order chi connectivity index (χ0) is 8.27. The summed E-state index contributed by atoms with van der Waals surface area (Å²) in [6, 6.07) is 5.48. The normalized spacial score (nSPS) is 9.36. The largest absolute Gasteiger partial charge is 0.496 e. The highest BCUT2D eigenvalue weighted by atomic mass is 16.6. The Labute approximate surface area is 65.7 Å². The van der Waals surface area contributed by atoms with Crippen LogP contribution in [0.1, 0.15) is 5.56 Å². The summed E-state index contributed by atoms with van der Waals surface area (Å²) < 4.78 is 5.05. The monoisotopic (exact) mass is 153 g/mol. The van der Waals surface area contributed by atoms with E-state index in [-0.39, 0.29) is 0 Å². The second-order valence-corrected chi connectivity index (χ2v) is 2.20. The number of hydrogen-bond donors (Lipinski definition) is 1. The van der Waals surface area contributed by atoms with Crippen LogP contribution in [0.25, 0.3) is 0 Å². The van der Waals surface area contributed by atoms with Crippen molar-refractivity contribution in [2.75, 3.05) is 7.11 Å². The van der Waals surface area contributed by atoms with Gasteiger partial charge in [-0.3, -0.25) is 0 Å². The molecule has 0 saturated carbocycles. The van der Waals surface area contributed by atoms with Crippen molar-refractivity contribution < 1.29 is 9.57 Å². The van der Waals surface area contributed by atoms with Gasteiger partial charge in [-0.15, -0.1) is 0 Å². The van der Waals surface area contributed by atoms with Crippen LogP contribution < -0.4 is 15.5 Å². The van der Waals surface area contributed by atoms with Gasteiger partial charge in [-0.25, -0.2) is 0 Å². The lowest BCUT2D eigenvalue weighted by molar-refractivity contribution is 0.327. The summed E-state index contributed by atoms with van der Waals surface area (Å²) in [6.45, 7) is 1.89. The number of rotatable bonds is 2. The van der Waals surface area contributed by atoms with E-state index >= 15 is 0 Å². The summed E-state index contributed by atoms with van der Waals surface area (Å²) in [5.74, 6) is 6.45. The third kappa shape index (κ3) is 1.43. The average molecular weight is 153 g/mol. The summed E-state index contributed by atoms with van der Waals surface area (Å²) in [4.78, 5) is 4.61. The Kier molecular flexibility index (Phi) is 2.33. The van der Waals surface area contributed by atoms with Gasteiger partial charge in [-0.2, -0.15) is 5.90 Å². The average Bonchev–Trinajstić information content (AvgIpc) is 2.05. The molecule has 1 aromatic carbocycles. The number of ether oxygens (including phenoxy) is 1. The maximum atomic E-state index is 5.05. The van der Waals surface area contributed by atoms with Crippen molar-refractivity contribution in [3.05, 3.63) is 23.8 Å². The van der Waals surface area contributed by atoms with Crippen molar-refractivity contribution in [1.29, 1.82) is 0 Å². The van der Waals surface area contributed by atoms with Crippen molar-refractivity contribution in [2.45, 2.75) is 6.92 Å². The second-order valence-electron chi connectivity index (χ2n) is 2.20. The fourth-order valence-corrected chi connectivity index (χ4v) is 0.943. The predicted molar refractivity (Wildman–Crippen MR) is 42.5 cm³/mol. The van der Waals surface area contributed by atoms with E-state index in [1.54, 1.807) is 13.2 Å². The van der Waals surface area contributed by atoms with E-state index in [9.17, 15) is 0 Å². The van der Waals surface area contributed by atoms with Crippen molar-refractivity contribution in [1.82, 2.24) is 0 Å². The molecule has 0 aliphatic heterocycles. The topological polar surface area (TPSA) is 44.5 Å². The Morgan fingerprint density at radius 2 is 1.91 bits per heavy atom. The van der Waals surface area contributed by atoms with Gasteiger partial charge in [0.05, 0.1) is 7.11 Å². The molecule has 0 saturated heterocycles. The van der Waals surface area contributed by atoms with Gasteiger partial charge < -0.3 is 9.57 Å². The summed E-state index contributed by atoms with van der Waals surface area (Å²) in [5.41, 5.74) is 0.914. The molecule has 1 aromatic rings. The molecule has 0 radical (unpaired) electrons. The smallest absolute Gasteiger partial charge is 0.153 e. The molecule has 0 bridgehead atoms. The first-order valence-electron chi connectivity index (χ1n) is 3.30. The molecule has 0 aromatic heterocycles. The van der Waals surface area contributed by atoms with E-state index in [1.807, 2.05) is 19.1 Å². The van der Waals surface area contributed by atoms with Crippen molar-refractivity contribution in [3.63, 3.8) is 0 Å². The Bertz CT molecular complexity index is 226. The van der Waals surface area contributed by atoms with E-state index in [1.165, 1.54) is 0 Å². The number of hydrogen-bond acceptors (Lipinski definition) is 3. The first-order chi connectivity index (χ1) is 5.29. The number of benzene rings is 1. The van der Waals surface area contributed by atoms with Crippen LogP contribution in [0, 0.1) is 6.92 Å². The summed E-state index contributed by atoms with van der Waals surface area (Å²) in [7, 11) is 1.61. The van der Waals surface area contributed by atoms with E-state index in [0.29, 0.717) is 5.75 Å². The minimum absolute atomic E-state index is 0.643. The highest BCUT2D eigenvalue weighted by Gasteiger charge is 2.02. The molecular formula is C8H11NO2. The standard InChI is InChI=1S/C8H11NO2/c1-6-7(10-2)4-3-5-8(6)11-9/h3-5H,9H2,1-2H3. The van der Waals surface area contributed by atoms with E-state index in [0.717, 1.165) is 11.3 Å². The molecule has 11 heavy (non-hydrogen) atoms. The van der Waals surface area contributed by atoms with Gasteiger partial charge in [0, 0.05) is 5.56 Å². The Morgan fingerprint density at radius 1 is 1.27 bits per heavy atom. The van der Waals surface area contributed by atoms with Gasteiger partial charge in [0.15, 0.2) is 5.75 Å². The van der Waals surface area contributed by atoms with Gasteiger partial charge in [0.1, 0.15) is 5.75 Å². The number of nitrogens with two attached hydrogens (primary N) is 1. The lowest BCUT2D eigenvalue weighted by Gasteiger charge is -2.07. The molecule has 0 atom stereocenters. The molecule has 1 rings (SSSR count). The van der Waals surface area contributed by atoms with Gasteiger partial charge >= 0.3 is 0 Å². The molecule has 2 N–H and O–H groups in total. The Morgan fingerprint density at radius 3 is 2.45 bits per heavy atom. The van der Waals surface area contributed by atoms with Crippen LogP contribution in [-0.4, -0.2) is 7.11 Å². The lowest BCUT2D eigenvalue weighted by Crippen LogP contribution is -2.03. The third-order valence-corrected chi connectivity index (χ3v) is 1.58. The van der Waals surface area contributed by atoms with Crippen LogP contribution in [0.2, 0.25) is 0 Å². The summed E-state index contributed by atoms with van der Waals surface area (Å²) in [5, 5.41) is 0. The van der Waals surface area contributed by atoms with Crippen molar-refractivity contribution >= 4 is 0 Å². The maximum Gasteiger partial charge on any atom is 0.153 e. The molecule has 0 heterocycles. The summed E-state index contributed by atoms with van der Waals surface area (Å²) in [6.07, 6.45) is 0. The molecule has 3 nitrogen and oxygen atoms in total. The van der Waals surface area contributed by atoms with Gasteiger partial charge in [-0.05, 0) is 19.1 Å². The predicted octanol–water partition coefficient (Wildman–Crippen LogP) is 1.26. The maximum absolute atomic E-state index is 5.05. The molecular weight excluding hydrogens is 142 g/mol. The minimum Gasteiger partial charge on any atom is -0.496 e. The quantitative estimate of drug-likeness (QED) is 0.650. The van der Waals surface area contributed by atoms with E-state index in [4.69, 9.17) is 10.6 Å². The molecule has 0 fully saturated rings. The van der Waals surface area contributed by atoms with E-state index in [2.05, 4.69) is 4.84 Å². The SMILES string of the molecule is COc1cccc(ON)c1C. The lowest BCUT2D eigenvalue weighted by atomic mass is 10.2. The van der Waals surface area contributed by atoms with Crippen LogP contribution in [0.3, 0.4) is 0 Å². The first-order valence-corrected chi connectivity index (χ1v) is 3.30. The first kappa shape index (κ1) is 7.88. The molecule has 60 valence electrons. The molecule has 0 unspecified atom stereocenters. The van der Waals surface area contributed by atoms with Crippen molar-refractivity contribution in [3.8, 4) is 11.5 Å². The second kappa shape index (κ2) is 3.25. The van der Waals surface area contributed by atoms with Crippen molar-refractivity contribution in [2.24, 2.45) is 5.90 Å². The molecule has 3 heteroatoms. The van der Waals surface area contributed by atoms with Crippen LogP contribution >= 0.6 is 0 Å². The fourth-order valence-electron chi connectivity index (χ4n) is 0.943. The zero-order valence-electron chi connectivity index (χ0n) is 6.63. The van der Waals surface area contributed by atoms with Crippen LogP contribution in [0.4, 0.5) is 0 Å². The minimum atomic E-state index is 0.643. The summed E-state index contributed by atoms with van der Waals surface area (Å²) >= 11 is 0. The molecule has 0 amide bonds. The van der Waals surface area contributed by atoms with Crippen LogP contribution in [0.15, 0.2) is 18.2 Å². The van der Waals surface area contributed by atoms with Crippen LogP contribution in [0.5, 0.6) is 11.5 Å². The Balaban J connectivity index is 3.10. The van der Waals surface area contributed by atoms with Gasteiger partial charge in [0.25, 0.3) is 0 Å². The van der Waals surface area contributed by atoms with Gasteiger partial charge in [-0.1, -0.05) is 6.07 Å². The Hall–Kier alpha value is -1.22.